The Bertz CT molecular complexity index is 2450. The molecule has 0 amide bonds. The summed E-state index contributed by atoms with van der Waals surface area (Å²) in [4.78, 5) is 27.9. The smallest absolute Gasteiger partial charge is 0.333 e. The SMILES string of the molecule is CCCCC1(CC)CN(c2ccccc2)c2cc(Br)c(O/C=C/C(=O)OCC)cc2S(=O)(=O)C1.CCCCC1(CC)CN(c2ccccc2)c2cc(I)c(O/C=C/C(=O)OCC)cc2S(=O)(=O)C1. The maximum Gasteiger partial charge on any atom is 0.333 e. The lowest BCUT2D eigenvalue weighted by Crippen LogP contribution is -2.37. The van der Waals surface area contributed by atoms with E-state index in [4.69, 9.17) is 18.9 Å². The van der Waals surface area contributed by atoms with Crippen LogP contribution in [0, 0.1) is 14.4 Å². The van der Waals surface area contributed by atoms with E-state index in [-0.39, 0.29) is 45.3 Å². The molecule has 0 saturated carbocycles. The van der Waals surface area contributed by atoms with Crippen molar-refractivity contribution in [3.63, 3.8) is 0 Å². The van der Waals surface area contributed by atoms with Crippen molar-refractivity contribution in [2.45, 2.75) is 103 Å². The molecule has 0 fully saturated rings. The maximum atomic E-state index is 13.8. The lowest BCUT2D eigenvalue weighted by atomic mass is 9.81. The molecule has 16 heteroatoms. The number of anilines is 4. The molecule has 4 aromatic rings. The lowest BCUT2D eigenvalue weighted by molar-refractivity contribution is -0.138. The van der Waals surface area contributed by atoms with E-state index in [2.05, 4.69) is 76.0 Å². The van der Waals surface area contributed by atoms with Crippen molar-refractivity contribution >= 4 is 92.9 Å². The van der Waals surface area contributed by atoms with Crippen LogP contribution in [0.5, 0.6) is 11.5 Å². The summed E-state index contributed by atoms with van der Waals surface area (Å²) in [6.45, 7) is 13.6. The van der Waals surface area contributed by atoms with Gasteiger partial charge in [0.25, 0.3) is 0 Å². The molecule has 2 atom stereocenters. The summed E-state index contributed by atoms with van der Waals surface area (Å²) in [5.74, 6) is -0.181. The normalized spacial score (nSPS) is 19.5. The fourth-order valence-electron chi connectivity index (χ4n) is 8.61. The Labute approximate surface area is 425 Å². The zero-order chi connectivity index (χ0) is 49.5. The minimum Gasteiger partial charge on any atom is -0.464 e. The molecule has 2 heterocycles. The topological polar surface area (TPSA) is 146 Å². The van der Waals surface area contributed by atoms with E-state index in [1.165, 1.54) is 24.7 Å². The van der Waals surface area contributed by atoms with E-state index in [1.807, 2.05) is 66.7 Å². The van der Waals surface area contributed by atoms with Crippen molar-refractivity contribution < 1.29 is 45.4 Å². The molecule has 68 heavy (non-hydrogen) atoms. The monoisotopic (exact) mass is 1150 g/mol. The molecule has 368 valence electrons. The first kappa shape index (κ1) is 54.5. The van der Waals surface area contributed by atoms with Crippen LogP contribution in [-0.4, -0.2) is 66.6 Å². The summed E-state index contributed by atoms with van der Waals surface area (Å²) in [6.07, 6.45) is 12.0. The van der Waals surface area contributed by atoms with E-state index in [1.54, 1.807) is 32.0 Å². The molecule has 2 aliphatic heterocycles. The molecule has 0 saturated heterocycles. The Balaban J connectivity index is 0.000000254. The number of sulfone groups is 2. The van der Waals surface area contributed by atoms with Gasteiger partial charge in [0.15, 0.2) is 19.7 Å². The first-order valence-corrected chi connectivity index (χ1v) is 28.5. The predicted molar refractivity (Wildman–Crippen MR) is 282 cm³/mol. The molecule has 12 nitrogen and oxygen atoms in total. The molecule has 0 N–H and O–H groups in total. The largest absolute Gasteiger partial charge is 0.464 e. The Morgan fingerprint density at radius 1 is 0.632 bits per heavy atom. The Morgan fingerprint density at radius 3 is 1.46 bits per heavy atom. The lowest BCUT2D eigenvalue weighted by Gasteiger charge is -2.36. The Morgan fingerprint density at radius 2 is 1.04 bits per heavy atom. The highest BCUT2D eigenvalue weighted by molar-refractivity contribution is 14.1. The van der Waals surface area contributed by atoms with Gasteiger partial charge in [-0.1, -0.05) is 89.8 Å². The number of carbonyl (C=O) groups excluding carboxylic acids is 2. The molecule has 0 bridgehead atoms. The number of halogens is 2. The van der Waals surface area contributed by atoms with Gasteiger partial charge in [-0.25, -0.2) is 26.4 Å². The average Bonchev–Trinajstić information content (AvgIpc) is 3.48. The van der Waals surface area contributed by atoms with Crippen molar-refractivity contribution in [1.29, 1.82) is 0 Å². The van der Waals surface area contributed by atoms with Crippen LogP contribution < -0.4 is 19.3 Å². The number of hydrogen-bond donors (Lipinski definition) is 0. The summed E-state index contributed by atoms with van der Waals surface area (Å²) in [5.41, 5.74) is 2.44. The number of benzene rings is 4. The quantitative estimate of drug-likeness (QED) is 0.0404. The molecular formula is C52H64BrIN2O10S2. The number of para-hydroxylation sites is 2. The van der Waals surface area contributed by atoms with Crippen molar-refractivity contribution in [2.75, 3.05) is 47.6 Å². The summed E-state index contributed by atoms with van der Waals surface area (Å²) < 4.78 is 77.4. The number of unbranched alkanes of at least 4 members (excludes halogenated alkanes) is 2. The standard InChI is InChI=1S/C26H32BrNO5S.C26H32INO5S/c2*1-4-7-14-26(5-2)18-28(20-11-9-8-10-12-20)22-16-21(27)23(17-24(22)34(30,31)19-26)33-15-13-25(29)32-6-3/h2*8-13,15-17H,4-7,14,18-19H2,1-3H3/b2*15-13+. The van der Waals surface area contributed by atoms with Crippen LogP contribution in [0.2, 0.25) is 0 Å². The minimum atomic E-state index is -3.62. The number of hydrogen-bond acceptors (Lipinski definition) is 12. The van der Waals surface area contributed by atoms with Gasteiger partial charge in [0.05, 0.1) is 78.6 Å². The second-order valence-corrected chi connectivity index (χ2v) is 23.1. The zero-order valence-electron chi connectivity index (χ0n) is 39.8. The van der Waals surface area contributed by atoms with Crippen LogP contribution >= 0.6 is 38.5 Å². The second kappa shape index (κ2) is 24.9. The van der Waals surface area contributed by atoms with Gasteiger partial charge in [-0.2, -0.15) is 0 Å². The van der Waals surface area contributed by atoms with Crippen LogP contribution in [0.15, 0.2) is 124 Å². The first-order valence-electron chi connectivity index (χ1n) is 23.3. The van der Waals surface area contributed by atoms with Gasteiger partial charge in [0, 0.05) is 47.4 Å². The number of esters is 2. The Hall–Kier alpha value is -4.39. The van der Waals surface area contributed by atoms with E-state index in [9.17, 15) is 26.4 Å². The molecular weight excluding hydrogens is 1080 g/mol. The van der Waals surface area contributed by atoms with Gasteiger partial charge in [-0.05, 0) is 114 Å². The maximum absolute atomic E-state index is 13.8. The van der Waals surface area contributed by atoms with Crippen LogP contribution in [0.4, 0.5) is 22.7 Å². The number of rotatable bonds is 18. The molecule has 0 spiro atoms. The van der Waals surface area contributed by atoms with Crippen molar-refractivity contribution in [1.82, 2.24) is 0 Å². The van der Waals surface area contributed by atoms with Crippen molar-refractivity contribution in [3.8, 4) is 11.5 Å². The number of carbonyl (C=O) groups is 2. The number of ether oxygens (including phenoxy) is 4. The van der Waals surface area contributed by atoms with Gasteiger partial charge in [-0.3, -0.25) is 0 Å². The molecule has 0 radical (unpaired) electrons. The van der Waals surface area contributed by atoms with Crippen LogP contribution in [0.25, 0.3) is 0 Å². The summed E-state index contributed by atoms with van der Waals surface area (Å²) in [6, 6.07) is 26.6. The molecule has 2 unspecified atom stereocenters. The molecule has 4 aromatic carbocycles. The third-order valence-electron chi connectivity index (χ3n) is 12.4. The van der Waals surface area contributed by atoms with E-state index in [0.717, 1.165) is 66.3 Å². The highest BCUT2D eigenvalue weighted by Gasteiger charge is 2.43. The third kappa shape index (κ3) is 13.9. The van der Waals surface area contributed by atoms with Crippen molar-refractivity contribution in [2.24, 2.45) is 10.8 Å². The van der Waals surface area contributed by atoms with Crippen molar-refractivity contribution in [3.05, 3.63) is 118 Å². The van der Waals surface area contributed by atoms with Gasteiger partial charge in [0.2, 0.25) is 0 Å². The minimum absolute atomic E-state index is 0.0760. The summed E-state index contributed by atoms with van der Waals surface area (Å²) >= 11 is 5.67. The Kier molecular flexibility index (Phi) is 20.0. The fraction of sp³-hybridized carbons (Fsp3) is 0.423. The van der Waals surface area contributed by atoms with Crippen LogP contribution in [-0.2, 0) is 38.7 Å². The molecule has 2 aliphatic rings. The van der Waals surface area contributed by atoms with Gasteiger partial charge in [0.1, 0.15) is 11.5 Å². The highest BCUT2D eigenvalue weighted by atomic mass is 127. The summed E-state index contributed by atoms with van der Waals surface area (Å²) in [5, 5.41) is 0. The third-order valence-corrected chi connectivity index (χ3v) is 17.8. The van der Waals surface area contributed by atoms with Gasteiger partial charge >= 0.3 is 11.9 Å². The van der Waals surface area contributed by atoms with Gasteiger partial charge < -0.3 is 28.7 Å². The molecule has 6 rings (SSSR count). The number of fused-ring (bicyclic) bond motifs is 2. The van der Waals surface area contributed by atoms with Crippen LogP contribution in [0.1, 0.15) is 92.9 Å². The number of nitrogens with zero attached hydrogens (tertiary/aromatic N) is 2. The molecule has 0 aliphatic carbocycles. The van der Waals surface area contributed by atoms with Crippen LogP contribution in [0.3, 0.4) is 0 Å². The highest BCUT2D eigenvalue weighted by Crippen LogP contribution is 2.48. The zero-order valence-corrected chi connectivity index (χ0v) is 45.2. The summed E-state index contributed by atoms with van der Waals surface area (Å²) in [7, 11) is -7.22. The second-order valence-electron chi connectivity index (χ2n) is 17.1. The fourth-order valence-corrected chi connectivity index (χ4v) is 14.0. The predicted octanol–water partition coefficient (Wildman–Crippen LogP) is 12.7. The van der Waals surface area contributed by atoms with E-state index < -0.39 is 31.6 Å². The van der Waals surface area contributed by atoms with Gasteiger partial charge in [-0.15, -0.1) is 0 Å². The average molecular weight is 1150 g/mol. The molecule has 0 aromatic heterocycles. The van der Waals surface area contributed by atoms with E-state index >= 15 is 0 Å². The first-order chi connectivity index (χ1) is 32.5. The van der Waals surface area contributed by atoms with E-state index in [0.29, 0.717) is 40.4 Å².